The first kappa shape index (κ1) is 15.6. The van der Waals surface area contributed by atoms with Crippen LogP contribution in [0.5, 0.6) is 0 Å². The third kappa shape index (κ3) is 4.08. The van der Waals surface area contributed by atoms with Gasteiger partial charge in [-0.25, -0.2) is 4.68 Å². The minimum atomic E-state index is -0.436. The van der Waals surface area contributed by atoms with Crippen LogP contribution in [-0.4, -0.2) is 25.5 Å². The molecule has 0 aliphatic heterocycles. The van der Waals surface area contributed by atoms with Gasteiger partial charge in [-0.15, -0.1) is 5.10 Å². The first-order chi connectivity index (χ1) is 9.76. The number of halogens is 1. The van der Waals surface area contributed by atoms with Gasteiger partial charge in [0, 0.05) is 22.6 Å². The fourth-order valence-corrected chi connectivity index (χ4v) is 2.04. The van der Waals surface area contributed by atoms with E-state index >= 15 is 0 Å². The second-order valence-corrected chi connectivity index (χ2v) is 6.56. The summed E-state index contributed by atoms with van der Waals surface area (Å²) in [6.45, 7) is 6.71. The van der Waals surface area contributed by atoms with Crippen molar-refractivity contribution in [2.24, 2.45) is 0 Å². The maximum atomic E-state index is 11.1. The smallest absolute Gasteiger partial charge is 0.296 e. The molecule has 0 saturated heterocycles. The molecule has 1 aromatic heterocycles. The number of rotatable bonds is 4. The monoisotopic (exact) mass is 353 g/mol. The molecule has 0 amide bonds. The van der Waals surface area contributed by atoms with Crippen molar-refractivity contribution < 1.29 is 4.92 Å². The summed E-state index contributed by atoms with van der Waals surface area (Å²) in [6.07, 6.45) is 1.69. The summed E-state index contributed by atoms with van der Waals surface area (Å²) in [5.41, 5.74) is 1.05. The lowest BCUT2D eigenvalue weighted by Gasteiger charge is -2.19. The molecule has 0 aliphatic rings. The van der Waals surface area contributed by atoms with Gasteiger partial charge in [0.15, 0.2) is 0 Å². The largest absolute Gasteiger partial charge is 0.306 e. The molecule has 0 unspecified atom stereocenters. The molecule has 7 nitrogen and oxygen atoms in total. The van der Waals surface area contributed by atoms with Crippen LogP contribution in [0.25, 0.3) is 5.69 Å². The number of benzene rings is 1. The van der Waals surface area contributed by atoms with E-state index in [0.29, 0.717) is 16.7 Å². The van der Waals surface area contributed by atoms with Gasteiger partial charge in [0.2, 0.25) is 0 Å². The molecule has 1 aromatic carbocycles. The molecule has 2 aromatic rings. The molecule has 8 heteroatoms. The molecular weight excluding hydrogens is 338 g/mol. The fourth-order valence-electron chi connectivity index (χ4n) is 1.69. The number of nitrogens with one attached hydrogen (secondary N) is 1. The minimum Gasteiger partial charge on any atom is -0.306 e. The Morgan fingerprint density at radius 2 is 2.14 bits per heavy atom. The van der Waals surface area contributed by atoms with E-state index in [-0.39, 0.29) is 11.2 Å². The van der Waals surface area contributed by atoms with E-state index < -0.39 is 4.92 Å². The van der Waals surface area contributed by atoms with Crippen molar-refractivity contribution in [3.63, 3.8) is 0 Å². The molecule has 0 radical (unpaired) electrons. The number of aromatic nitrogens is 3. The lowest BCUT2D eigenvalue weighted by atomic mass is 10.1. The highest BCUT2D eigenvalue weighted by Crippen LogP contribution is 2.26. The van der Waals surface area contributed by atoms with Crippen LogP contribution in [-0.2, 0) is 6.54 Å². The second kappa shape index (κ2) is 5.90. The van der Waals surface area contributed by atoms with Gasteiger partial charge >= 0.3 is 0 Å². The normalized spacial score (nSPS) is 11.6. The topological polar surface area (TPSA) is 85.9 Å². The fraction of sp³-hybridized carbons (Fsp3) is 0.385. The minimum absolute atomic E-state index is 0.0235. The SMILES string of the molecule is CC(C)(C)NCc1cn(-c2ccc(Br)cc2[N+](=O)[O-])nn1. The van der Waals surface area contributed by atoms with E-state index in [4.69, 9.17) is 0 Å². The van der Waals surface area contributed by atoms with Gasteiger partial charge in [0.1, 0.15) is 5.69 Å². The van der Waals surface area contributed by atoms with Crippen LogP contribution < -0.4 is 5.32 Å². The van der Waals surface area contributed by atoms with Gasteiger partial charge in [-0.05, 0) is 32.9 Å². The molecule has 0 bridgehead atoms. The van der Waals surface area contributed by atoms with E-state index in [1.807, 2.05) is 0 Å². The summed E-state index contributed by atoms with van der Waals surface area (Å²) in [6, 6.07) is 4.82. The molecule has 0 spiro atoms. The molecule has 1 heterocycles. The average Bonchev–Trinajstić information content (AvgIpc) is 2.84. The zero-order valence-corrected chi connectivity index (χ0v) is 13.6. The number of nitrogens with zero attached hydrogens (tertiary/aromatic N) is 4. The summed E-state index contributed by atoms with van der Waals surface area (Å²) < 4.78 is 2.07. The maximum absolute atomic E-state index is 11.1. The van der Waals surface area contributed by atoms with Crippen LogP contribution in [0.2, 0.25) is 0 Å². The molecule has 0 saturated carbocycles. The number of hydrogen-bond donors (Lipinski definition) is 1. The lowest BCUT2D eigenvalue weighted by molar-refractivity contribution is -0.384. The Labute approximate surface area is 130 Å². The van der Waals surface area contributed by atoms with Crippen molar-refractivity contribution >= 4 is 21.6 Å². The van der Waals surface area contributed by atoms with E-state index in [1.165, 1.54) is 10.7 Å². The Balaban J connectivity index is 2.28. The number of hydrogen-bond acceptors (Lipinski definition) is 5. The van der Waals surface area contributed by atoms with E-state index in [9.17, 15) is 10.1 Å². The van der Waals surface area contributed by atoms with Crippen molar-refractivity contribution in [3.05, 3.63) is 44.7 Å². The molecular formula is C13H16BrN5O2. The van der Waals surface area contributed by atoms with Crippen LogP contribution in [0.4, 0.5) is 5.69 Å². The summed E-state index contributed by atoms with van der Waals surface area (Å²) in [5, 5.41) is 22.4. The standard InChI is InChI=1S/C13H16BrN5O2/c1-13(2,3)15-7-10-8-18(17-16-10)11-5-4-9(14)6-12(11)19(20)21/h4-6,8,15H,7H2,1-3H3. The molecule has 112 valence electrons. The van der Waals surface area contributed by atoms with Crippen molar-refractivity contribution in [2.45, 2.75) is 32.9 Å². The Hall–Kier alpha value is -1.80. The Bertz CT molecular complexity index is 663. The highest BCUT2D eigenvalue weighted by Gasteiger charge is 2.17. The summed E-state index contributed by atoms with van der Waals surface area (Å²) in [5.74, 6) is 0. The Morgan fingerprint density at radius 1 is 1.43 bits per heavy atom. The van der Waals surface area contributed by atoms with E-state index in [0.717, 1.165) is 5.69 Å². The third-order valence-corrected chi connectivity index (χ3v) is 3.21. The first-order valence-electron chi connectivity index (χ1n) is 6.37. The van der Waals surface area contributed by atoms with Gasteiger partial charge in [-0.3, -0.25) is 10.1 Å². The highest BCUT2D eigenvalue weighted by molar-refractivity contribution is 9.10. The molecule has 1 N–H and O–H groups in total. The van der Waals surface area contributed by atoms with Crippen molar-refractivity contribution in [3.8, 4) is 5.69 Å². The van der Waals surface area contributed by atoms with Crippen LogP contribution in [0.3, 0.4) is 0 Å². The third-order valence-electron chi connectivity index (χ3n) is 2.72. The van der Waals surface area contributed by atoms with Crippen molar-refractivity contribution in [2.75, 3.05) is 0 Å². The van der Waals surface area contributed by atoms with Gasteiger partial charge in [0.25, 0.3) is 5.69 Å². The van der Waals surface area contributed by atoms with Crippen LogP contribution in [0, 0.1) is 10.1 Å². The predicted octanol–water partition coefficient (Wildman–Crippen LogP) is 2.83. The zero-order valence-electron chi connectivity index (χ0n) is 12.0. The number of nitro benzene ring substituents is 1. The maximum Gasteiger partial charge on any atom is 0.296 e. The number of nitro groups is 1. The highest BCUT2D eigenvalue weighted by atomic mass is 79.9. The molecule has 21 heavy (non-hydrogen) atoms. The Morgan fingerprint density at radius 3 is 2.76 bits per heavy atom. The second-order valence-electron chi connectivity index (χ2n) is 5.65. The van der Waals surface area contributed by atoms with Crippen molar-refractivity contribution in [1.82, 2.24) is 20.3 Å². The van der Waals surface area contributed by atoms with Crippen LogP contribution in [0.15, 0.2) is 28.9 Å². The molecule has 0 atom stereocenters. The van der Waals surface area contributed by atoms with Gasteiger partial charge < -0.3 is 5.32 Å². The summed E-state index contributed by atoms with van der Waals surface area (Å²) in [4.78, 5) is 10.7. The molecule has 0 aliphatic carbocycles. The predicted molar refractivity (Wildman–Crippen MR) is 82.3 cm³/mol. The van der Waals surface area contributed by atoms with Gasteiger partial charge in [-0.1, -0.05) is 21.1 Å². The van der Waals surface area contributed by atoms with E-state index in [2.05, 4.69) is 52.3 Å². The van der Waals surface area contributed by atoms with Crippen molar-refractivity contribution in [1.29, 1.82) is 0 Å². The van der Waals surface area contributed by atoms with E-state index in [1.54, 1.807) is 18.3 Å². The summed E-state index contributed by atoms with van der Waals surface area (Å²) >= 11 is 3.23. The van der Waals surface area contributed by atoms with Crippen LogP contribution >= 0.6 is 15.9 Å². The molecule has 0 fully saturated rings. The van der Waals surface area contributed by atoms with Crippen LogP contribution in [0.1, 0.15) is 26.5 Å². The first-order valence-corrected chi connectivity index (χ1v) is 7.16. The van der Waals surface area contributed by atoms with Gasteiger partial charge in [0.05, 0.1) is 16.8 Å². The summed E-state index contributed by atoms with van der Waals surface area (Å²) in [7, 11) is 0. The molecule has 2 rings (SSSR count). The Kier molecular flexibility index (Phi) is 4.38. The van der Waals surface area contributed by atoms with Gasteiger partial charge in [-0.2, -0.15) is 0 Å². The lowest BCUT2D eigenvalue weighted by Crippen LogP contribution is -2.35. The zero-order chi connectivity index (χ0) is 15.6. The average molecular weight is 354 g/mol. The quantitative estimate of drug-likeness (QED) is 0.674.